The number of alkyl halides is 2. The number of rotatable bonds is 19. The van der Waals surface area contributed by atoms with Crippen LogP contribution >= 0.6 is 0 Å². The molecular formula is C39H56F2N2O5. The Morgan fingerprint density at radius 1 is 0.854 bits per heavy atom. The first-order chi connectivity index (χ1) is 22.4. The fraction of sp³-hybridized carbons (Fsp3) is 0.590. The highest BCUT2D eigenvalue weighted by Gasteiger charge is 2.48. The summed E-state index contributed by atoms with van der Waals surface area (Å²) < 4.78 is 46.1. The Morgan fingerprint density at radius 2 is 1.54 bits per heavy atom. The van der Waals surface area contributed by atoms with Gasteiger partial charge in [0.25, 0.3) is 0 Å². The first-order valence-corrected chi connectivity index (χ1v) is 17.3. The molecule has 7 nitrogen and oxygen atoms in total. The predicted molar refractivity (Wildman–Crippen MR) is 190 cm³/mol. The largest absolute Gasteiger partial charge is 0.493 e. The summed E-state index contributed by atoms with van der Waals surface area (Å²) in [6, 6.07) is 13.3. The molecule has 1 heterocycles. The van der Waals surface area contributed by atoms with Crippen molar-refractivity contribution in [2.24, 2.45) is 16.9 Å². The van der Waals surface area contributed by atoms with Crippen LogP contribution in [0.15, 0.2) is 51.7 Å². The molecule has 48 heavy (non-hydrogen) atoms. The molecule has 4 N–H and O–H groups in total. The number of nitrogens with two attached hydrogens (primary N) is 2. The number of carbonyl (C=O) groups is 1. The first-order valence-electron chi connectivity index (χ1n) is 17.3. The van der Waals surface area contributed by atoms with Crippen molar-refractivity contribution in [2.45, 2.75) is 130 Å². The molecule has 0 fully saturated rings. The third-order valence-electron chi connectivity index (χ3n) is 9.17. The Kier molecular flexibility index (Phi) is 13.4. The number of halogens is 2. The zero-order chi connectivity index (χ0) is 35.8. The average Bonchev–Trinajstić information content (AvgIpc) is 2.99. The maximum absolute atomic E-state index is 14.6. The Labute approximate surface area is 284 Å². The SMILES string of the molecule is CCCCCc1ccc(-c2cc3ccc(OCCCC(F)(F)CCCOC(=O)C(C)(CC(C)(C)N)C(C)(C)N)cc3oc2=O)c(CC)c1. The van der Waals surface area contributed by atoms with Crippen LogP contribution in [0.3, 0.4) is 0 Å². The molecule has 0 bridgehead atoms. The number of hydrogen-bond donors (Lipinski definition) is 2. The van der Waals surface area contributed by atoms with Crippen LogP contribution in [0.5, 0.6) is 5.75 Å². The molecule has 1 unspecified atom stereocenters. The summed E-state index contributed by atoms with van der Waals surface area (Å²) in [5.74, 6) is -3.04. The number of ether oxygens (including phenoxy) is 2. The summed E-state index contributed by atoms with van der Waals surface area (Å²) >= 11 is 0. The predicted octanol–water partition coefficient (Wildman–Crippen LogP) is 8.74. The topological polar surface area (TPSA) is 118 Å². The van der Waals surface area contributed by atoms with Gasteiger partial charge in [0, 0.05) is 35.4 Å². The van der Waals surface area contributed by atoms with Gasteiger partial charge in [-0.1, -0.05) is 44.9 Å². The number of carbonyl (C=O) groups excluding carboxylic acids is 1. The number of aryl methyl sites for hydroxylation is 2. The van der Waals surface area contributed by atoms with Crippen molar-refractivity contribution >= 4 is 16.9 Å². The van der Waals surface area contributed by atoms with Crippen molar-refractivity contribution in [3.63, 3.8) is 0 Å². The molecule has 1 aromatic heterocycles. The molecule has 9 heteroatoms. The van der Waals surface area contributed by atoms with E-state index in [9.17, 15) is 18.4 Å². The molecule has 0 aliphatic heterocycles. The van der Waals surface area contributed by atoms with Crippen LogP contribution in [0.25, 0.3) is 22.1 Å². The Bertz CT molecular complexity index is 1570. The second-order valence-corrected chi connectivity index (χ2v) is 14.7. The molecule has 0 aliphatic carbocycles. The van der Waals surface area contributed by atoms with Gasteiger partial charge in [0.15, 0.2) is 0 Å². The van der Waals surface area contributed by atoms with E-state index in [2.05, 4.69) is 26.0 Å². The van der Waals surface area contributed by atoms with Gasteiger partial charge in [0.2, 0.25) is 5.92 Å². The fourth-order valence-corrected chi connectivity index (χ4v) is 6.08. The van der Waals surface area contributed by atoms with Crippen LogP contribution in [0, 0.1) is 5.41 Å². The lowest BCUT2D eigenvalue weighted by atomic mass is 9.67. The summed E-state index contributed by atoms with van der Waals surface area (Å²) in [7, 11) is 0. The lowest BCUT2D eigenvalue weighted by molar-refractivity contribution is -0.161. The molecule has 266 valence electrons. The molecular weight excluding hydrogens is 614 g/mol. The van der Waals surface area contributed by atoms with Gasteiger partial charge in [-0.25, -0.2) is 13.6 Å². The highest BCUT2D eigenvalue weighted by Crippen LogP contribution is 2.38. The van der Waals surface area contributed by atoms with E-state index in [4.69, 9.17) is 25.4 Å². The van der Waals surface area contributed by atoms with Crippen molar-refractivity contribution in [3.8, 4) is 16.9 Å². The second kappa shape index (κ2) is 16.4. The smallest absolute Gasteiger partial charge is 0.344 e. The van der Waals surface area contributed by atoms with E-state index in [-0.39, 0.29) is 38.9 Å². The average molecular weight is 671 g/mol. The molecule has 1 atom stereocenters. The first kappa shape index (κ1) is 39.1. The monoisotopic (exact) mass is 670 g/mol. The van der Waals surface area contributed by atoms with Crippen LogP contribution in [-0.2, 0) is 22.4 Å². The van der Waals surface area contributed by atoms with Crippen LogP contribution in [0.1, 0.15) is 111 Å². The lowest BCUT2D eigenvalue weighted by Crippen LogP contribution is -2.58. The standard InChI is InChI=1S/C39H56F2N2O5/c1-8-10-11-14-27-15-18-31(28(9-2)23-27)32-24-29-16-17-30(25-33(29)48-34(32)44)46-21-12-19-39(40,41)20-13-22-47-35(45)38(7,37(5,6)43)26-36(3,4)42/h15-18,23-25H,8-14,19-22,26,42-43H2,1-7H3. The van der Waals surface area contributed by atoms with Gasteiger partial charge in [0.1, 0.15) is 11.3 Å². The van der Waals surface area contributed by atoms with Gasteiger partial charge < -0.3 is 25.4 Å². The fourth-order valence-electron chi connectivity index (χ4n) is 6.08. The van der Waals surface area contributed by atoms with E-state index in [1.165, 1.54) is 18.4 Å². The molecule has 0 amide bonds. The van der Waals surface area contributed by atoms with Crippen molar-refractivity contribution in [2.75, 3.05) is 13.2 Å². The number of esters is 1. The van der Waals surface area contributed by atoms with E-state index in [1.54, 1.807) is 46.8 Å². The highest BCUT2D eigenvalue weighted by molar-refractivity contribution is 5.83. The van der Waals surface area contributed by atoms with Gasteiger partial charge in [-0.05, 0) is 108 Å². The Balaban J connectivity index is 1.52. The van der Waals surface area contributed by atoms with Crippen LogP contribution < -0.4 is 21.8 Å². The Hall–Kier alpha value is -3.30. The molecule has 2 aromatic carbocycles. The molecule has 0 aliphatic rings. The van der Waals surface area contributed by atoms with Crippen molar-refractivity contribution < 1.29 is 27.5 Å². The van der Waals surface area contributed by atoms with E-state index >= 15 is 0 Å². The summed E-state index contributed by atoms with van der Waals surface area (Å²) in [6.07, 6.45) is 4.96. The van der Waals surface area contributed by atoms with Crippen LogP contribution in [0.2, 0.25) is 0 Å². The van der Waals surface area contributed by atoms with E-state index in [0.717, 1.165) is 35.8 Å². The molecule has 0 saturated heterocycles. The minimum absolute atomic E-state index is 0.0151. The van der Waals surface area contributed by atoms with E-state index in [0.29, 0.717) is 16.9 Å². The summed E-state index contributed by atoms with van der Waals surface area (Å²) in [5.41, 5.74) is 13.5. The lowest BCUT2D eigenvalue weighted by Gasteiger charge is -2.42. The molecule has 0 saturated carbocycles. The maximum Gasteiger partial charge on any atom is 0.344 e. The molecule has 0 spiro atoms. The van der Waals surface area contributed by atoms with E-state index in [1.807, 2.05) is 18.2 Å². The van der Waals surface area contributed by atoms with Gasteiger partial charge in [0.05, 0.1) is 24.2 Å². The number of benzene rings is 2. The number of hydrogen-bond acceptors (Lipinski definition) is 7. The minimum atomic E-state index is -2.94. The maximum atomic E-state index is 14.6. The van der Waals surface area contributed by atoms with Gasteiger partial charge >= 0.3 is 11.6 Å². The van der Waals surface area contributed by atoms with Crippen molar-refractivity contribution in [3.05, 3.63) is 64.0 Å². The van der Waals surface area contributed by atoms with Crippen molar-refractivity contribution in [1.82, 2.24) is 0 Å². The van der Waals surface area contributed by atoms with Gasteiger partial charge in [-0.15, -0.1) is 0 Å². The third kappa shape index (κ3) is 10.9. The molecule has 3 rings (SSSR count). The molecule has 0 radical (unpaired) electrons. The zero-order valence-electron chi connectivity index (χ0n) is 30.0. The molecule has 3 aromatic rings. The summed E-state index contributed by atoms with van der Waals surface area (Å²) in [5, 5.41) is 0.750. The van der Waals surface area contributed by atoms with Crippen molar-refractivity contribution in [1.29, 1.82) is 0 Å². The Morgan fingerprint density at radius 3 is 2.17 bits per heavy atom. The second-order valence-electron chi connectivity index (χ2n) is 14.7. The van der Waals surface area contributed by atoms with Crippen LogP contribution in [0.4, 0.5) is 8.78 Å². The zero-order valence-corrected chi connectivity index (χ0v) is 30.0. The van der Waals surface area contributed by atoms with Gasteiger partial charge in [-0.3, -0.25) is 4.79 Å². The van der Waals surface area contributed by atoms with Crippen LogP contribution in [-0.4, -0.2) is 36.2 Å². The number of fused-ring (bicyclic) bond motifs is 1. The normalized spacial score (nSPS) is 13.8. The third-order valence-corrected chi connectivity index (χ3v) is 9.17. The minimum Gasteiger partial charge on any atom is -0.493 e. The number of unbranched alkanes of at least 4 members (excludes halogenated alkanes) is 2. The summed E-state index contributed by atoms with van der Waals surface area (Å²) in [4.78, 5) is 26.0. The quantitative estimate of drug-likeness (QED) is 0.0744. The highest BCUT2D eigenvalue weighted by atomic mass is 19.3. The van der Waals surface area contributed by atoms with Gasteiger partial charge in [-0.2, -0.15) is 0 Å². The summed E-state index contributed by atoms with van der Waals surface area (Å²) in [6.45, 7) is 13.0. The van der Waals surface area contributed by atoms with E-state index < -0.39 is 40.4 Å².